The van der Waals surface area contributed by atoms with Crippen molar-refractivity contribution in [3.8, 4) is 11.5 Å². The van der Waals surface area contributed by atoms with E-state index in [1.54, 1.807) is 48.3 Å². The van der Waals surface area contributed by atoms with Gasteiger partial charge < -0.3 is 15.2 Å². The largest absolute Gasteiger partial charge is 0.505 e. The second-order valence-electron chi connectivity index (χ2n) is 7.76. The topological polar surface area (TPSA) is 102 Å². The molecule has 0 aliphatic rings. The number of carbonyl (C=O) groups excluding carboxylic acids is 1. The third-order valence-electron chi connectivity index (χ3n) is 5.54. The number of ether oxygens (including phenoxy) is 1. The van der Waals surface area contributed by atoms with Gasteiger partial charge in [0, 0.05) is 24.2 Å². The lowest BCUT2D eigenvalue weighted by molar-refractivity contribution is -0.123. The Morgan fingerprint density at radius 1 is 1.15 bits per heavy atom. The van der Waals surface area contributed by atoms with Crippen LogP contribution in [0.15, 0.2) is 72.9 Å². The number of aryl methyl sites for hydroxylation is 1. The SMILES string of the molecule is Cn1nnc2cc(C(NC(=O)COc3ccccc3)c3cc(Cl)c4cccnc4c3O)ccc21. The number of amides is 1. The molecular weight excluding hydrogens is 454 g/mol. The van der Waals surface area contributed by atoms with Gasteiger partial charge >= 0.3 is 0 Å². The first-order chi connectivity index (χ1) is 16.5. The standard InChI is InChI=1S/C25H20ClN5O3/c1-31-21-10-9-15(12-20(21)29-30-31)23(28-22(32)14-34-16-6-3-2-4-7-16)18-13-19(26)17-8-5-11-27-24(17)25(18)33/h2-13,23,33H,14H2,1H3,(H,28,32). The van der Waals surface area contributed by atoms with Crippen molar-refractivity contribution in [3.63, 3.8) is 0 Å². The molecule has 0 spiro atoms. The number of hydrogen-bond acceptors (Lipinski definition) is 6. The Bertz CT molecular complexity index is 1500. The van der Waals surface area contributed by atoms with Crippen molar-refractivity contribution in [2.24, 2.45) is 7.05 Å². The van der Waals surface area contributed by atoms with E-state index in [1.165, 1.54) is 0 Å². The summed E-state index contributed by atoms with van der Waals surface area (Å²) in [6.45, 7) is -0.200. The lowest BCUT2D eigenvalue weighted by Gasteiger charge is -2.22. The summed E-state index contributed by atoms with van der Waals surface area (Å²) in [6.07, 6.45) is 1.58. The summed E-state index contributed by atoms with van der Waals surface area (Å²) in [7, 11) is 1.80. The van der Waals surface area contributed by atoms with Gasteiger partial charge in [-0.05, 0) is 48.0 Å². The number of carbonyl (C=O) groups is 1. The normalized spacial score (nSPS) is 12.1. The average Bonchev–Trinajstić information content (AvgIpc) is 3.24. The zero-order valence-corrected chi connectivity index (χ0v) is 18.9. The van der Waals surface area contributed by atoms with E-state index < -0.39 is 6.04 Å². The van der Waals surface area contributed by atoms with Gasteiger partial charge in [-0.2, -0.15) is 0 Å². The van der Waals surface area contributed by atoms with Gasteiger partial charge in [-0.15, -0.1) is 5.10 Å². The quantitative estimate of drug-likeness (QED) is 0.384. The van der Waals surface area contributed by atoms with Crippen molar-refractivity contribution in [1.82, 2.24) is 25.3 Å². The lowest BCUT2D eigenvalue weighted by Crippen LogP contribution is -2.33. The average molecular weight is 474 g/mol. The number of hydrogen-bond donors (Lipinski definition) is 2. The maximum atomic E-state index is 12.9. The Hall–Kier alpha value is -4.17. The molecule has 1 unspecified atom stereocenters. The second kappa shape index (κ2) is 8.99. The van der Waals surface area contributed by atoms with Gasteiger partial charge in [-0.3, -0.25) is 9.78 Å². The fourth-order valence-electron chi connectivity index (χ4n) is 3.87. The number of rotatable bonds is 6. The van der Waals surface area contributed by atoms with E-state index >= 15 is 0 Å². The molecule has 1 amide bonds. The number of halogens is 1. The number of para-hydroxylation sites is 1. The monoisotopic (exact) mass is 473 g/mol. The highest BCUT2D eigenvalue weighted by Gasteiger charge is 2.24. The summed E-state index contributed by atoms with van der Waals surface area (Å²) in [5, 5.41) is 23.3. The van der Waals surface area contributed by atoms with Crippen LogP contribution in [0.2, 0.25) is 5.02 Å². The molecule has 2 heterocycles. The molecule has 0 bridgehead atoms. The predicted molar refractivity (Wildman–Crippen MR) is 129 cm³/mol. The number of nitrogens with zero attached hydrogens (tertiary/aromatic N) is 4. The van der Waals surface area contributed by atoms with Crippen LogP contribution >= 0.6 is 11.6 Å². The van der Waals surface area contributed by atoms with E-state index in [4.69, 9.17) is 16.3 Å². The molecule has 0 fully saturated rings. The first-order valence-electron chi connectivity index (χ1n) is 10.5. The molecule has 34 heavy (non-hydrogen) atoms. The maximum Gasteiger partial charge on any atom is 0.258 e. The van der Waals surface area contributed by atoms with Crippen LogP contribution in [-0.4, -0.2) is 37.6 Å². The summed E-state index contributed by atoms with van der Waals surface area (Å²) in [6, 6.07) is 19.0. The van der Waals surface area contributed by atoms with Crippen LogP contribution in [0, 0.1) is 0 Å². The summed E-state index contributed by atoms with van der Waals surface area (Å²) in [5.74, 6) is 0.147. The highest BCUT2D eigenvalue weighted by Crippen LogP contribution is 2.38. The molecule has 0 saturated heterocycles. The van der Waals surface area contributed by atoms with E-state index in [-0.39, 0.29) is 18.3 Å². The summed E-state index contributed by atoms with van der Waals surface area (Å²) in [4.78, 5) is 17.2. The summed E-state index contributed by atoms with van der Waals surface area (Å²) in [5.41, 5.74) is 2.95. The van der Waals surface area contributed by atoms with Crippen LogP contribution < -0.4 is 10.1 Å². The molecule has 0 radical (unpaired) electrons. The Morgan fingerprint density at radius 2 is 1.97 bits per heavy atom. The number of phenols is 1. The zero-order valence-electron chi connectivity index (χ0n) is 18.1. The zero-order chi connectivity index (χ0) is 23.7. The van der Waals surface area contributed by atoms with E-state index in [1.807, 2.05) is 36.4 Å². The van der Waals surface area contributed by atoms with E-state index in [0.29, 0.717) is 38.3 Å². The molecule has 9 heteroatoms. The van der Waals surface area contributed by atoms with Gasteiger partial charge in [0.15, 0.2) is 6.61 Å². The van der Waals surface area contributed by atoms with Crippen LogP contribution in [0.4, 0.5) is 0 Å². The molecule has 2 N–H and O–H groups in total. The molecule has 5 rings (SSSR count). The van der Waals surface area contributed by atoms with E-state index in [9.17, 15) is 9.90 Å². The minimum atomic E-state index is -0.734. The molecule has 3 aromatic carbocycles. The third kappa shape index (κ3) is 4.11. The number of benzene rings is 3. The van der Waals surface area contributed by atoms with Crippen molar-refractivity contribution in [1.29, 1.82) is 0 Å². The van der Waals surface area contributed by atoms with Crippen LogP contribution in [0.1, 0.15) is 17.2 Å². The Morgan fingerprint density at radius 3 is 2.79 bits per heavy atom. The minimum absolute atomic E-state index is 0.0616. The molecule has 0 aliphatic carbocycles. The van der Waals surface area contributed by atoms with Crippen molar-refractivity contribution < 1.29 is 14.6 Å². The van der Waals surface area contributed by atoms with Gasteiger partial charge in [-0.25, -0.2) is 4.68 Å². The van der Waals surface area contributed by atoms with Crippen LogP contribution in [-0.2, 0) is 11.8 Å². The number of phenolic OH excluding ortho intramolecular Hbond substituents is 1. The second-order valence-corrected chi connectivity index (χ2v) is 8.17. The van der Waals surface area contributed by atoms with Gasteiger partial charge in [0.1, 0.15) is 22.5 Å². The fraction of sp³-hybridized carbons (Fsp3) is 0.120. The number of pyridine rings is 1. The number of nitrogens with one attached hydrogen (secondary N) is 1. The molecule has 5 aromatic rings. The molecule has 0 saturated carbocycles. The molecule has 170 valence electrons. The smallest absolute Gasteiger partial charge is 0.258 e. The van der Waals surface area contributed by atoms with Crippen LogP contribution in [0.5, 0.6) is 11.5 Å². The highest BCUT2D eigenvalue weighted by molar-refractivity contribution is 6.35. The first-order valence-corrected chi connectivity index (χ1v) is 10.9. The first kappa shape index (κ1) is 21.7. The highest BCUT2D eigenvalue weighted by atomic mass is 35.5. The van der Waals surface area contributed by atoms with Gasteiger partial charge in [0.25, 0.3) is 5.91 Å². The van der Waals surface area contributed by atoms with Gasteiger partial charge in [0.2, 0.25) is 0 Å². The molecule has 2 aromatic heterocycles. The van der Waals surface area contributed by atoms with Crippen molar-refractivity contribution >= 4 is 39.4 Å². The summed E-state index contributed by atoms with van der Waals surface area (Å²) < 4.78 is 7.26. The Kier molecular flexibility index (Phi) is 5.73. The Balaban J connectivity index is 1.55. The van der Waals surface area contributed by atoms with E-state index in [2.05, 4.69) is 20.6 Å². The Labute approximate surface area is 199 Å². The minimum Gasteiger partial charge on any atom is -0.505 e. The van der Waals surface area contributed by atoms with Gasteiger partial charge in [0.05, 0.1) is 16.6 Å². The third-order valence-corrected chi connectivity index (χ3v) is 5.86. The number of aromatic hydroxyl groups is 1. The van der Waals surface area contributed by atoms with Gasteiger partial charge in [-0.1, -0.05) is 41.1 Å². The molecule has 8 nitrogen and oxygen atoms in total. The van der Waals surface area contributed by atoms with Crippen molar-refractivity contribution in [2.45, 2.75) is 6.04 Å². The van der Waals surface area contributed by atoms with E-state index in [0.717, 1.165) is 5.52 Å². The molecule has 1 atom stereocenters. The maximum absolute atomic E-state index is 12.9. The van der Waals surface area contributed by atoms with Crippen molar-refractivity contribution in [3.05, 3.63) is 89.1 Å². The summed E-state index contributed by atoms with van der Waals surface area (Å²) >= 11 is 6.53. The number of aromatic nitrogens is 4. The molecular formula is C25H20ClN5O3. The molecule has 0 aliphatic heterocycles. The van der Waals surface area contributed by atoms with Crippen molar-refractivity contribution in [2.75, 3.05) is 6.61 Å². The fourth-order valence-corrected chi connectivity index (χ4v) is 4.14. The number of fused-ring (bicyclic) bond motifs is 2. The van der Waals surface area contributed by atoms with Crippen LogP contribution in [0.25, 0.3) is 21.9 Å². The van der Waals surface area contributed by atoms with Crippen LogP contribution in [0.3, 0.4) is 0 Å². The lowest BCUT2D eigenvalue weighted by atomic mass is 9.95. The predicted octanol–water partition coefficient (Wildman–Crippen LogP) is 4.16.